The molecule has 0 spiro atoms. The molecule has 1 amide bonds. The standard InChI is InChI=1S/C10H16N2O/c1-3-7-12(4-2)9(13)10(8-11)5-6-10/h3-7H2,1-2H3. The molecule has 1 aliphatic carbocycles. The highest BCUT2D eigenvalue weighted by atomic mass is 16.2. The van der Waals surface area contributed by atoms with Gasteiger partial charge >= 0.3 is 0 Å². The molecule has 0 aromatic rings. The third-order valence-electron chi connectivity index (χ3n) is 2.54. The van der Waals surface area contributed by atoms with Crippen LogP contribution >= 0.6 is 0 Å². The largest absolute Gasteiger partial charge is 0.342 e. The number of carbonyl (C=O) groups excluding carboxylic acids is 1. The monoisotopic (exact) mass is 180 g/mol. The molecule has 0 bridgehead atoms. The van der Waals surface area contributed by atoms with Crippen LogP contribution in [0.5, 0.6) is 0 Å². The summed E-state index contributed by atoms with van der Waals surface area (Å²) in [6, 6.07) is 2.13. The fraction of sp³-hybridized carbons (Fsp3) is 0.800. The fourth-order valence-corrected chi connectivity index (χ4v) is 1.47. The van der Waals surface area contributed by atoms with Gasteiger partial charge in [-0.25, -0.2) is 0 Å². The molecule has 0 saturated heterocycles. The van der Waals surface area contributed by atoms with Gasteiger partial charge in [-0.05, 0) is 26.2 Å². The molecule has 72 valence electrons. The summed E-state index contributed by atoms with van der Waals surface area (Å²) >= 11 is 0. The summed E-state index contributed by atoms with van der Waals surface area (Å²) in [6.07, 6.45) is 2.46. The number of carbonyl (C=O) groups is 1. The van der Waals surface area contributed by atoms with Gasteiger partial charge in [-0.3, -0.25) is 4.79 Å². The van der Waals surface area contributed by atoms with Gasteiger partial charge in [-0.15, -0.1) is 0 Å². The summed E-state index contributed by atoms with van der Waals surface area (Å²) in [6.45, 7) is 5.50. The molecule has 1 fully saturated rings. The van der Waals surface area contributed by atoms with Crippen molar-refractivity contribution in [1.82, 2.24) is 4.90 Å². The lowest BCUT2D eigenvalue weighted by Crippen LogP contribution is -2.37. The minimum absolute atomic E-state index is 0.0411. The third kappa shape index (κ3) is 1.82. The van der Waals surface area contributed by atoms with Crippen molar-refractivity contribution >= 4 is 5.91 Å². The Kier molecular flexibility index (Phi) is 2.92. The zero-order valence-electron chi connectivity index (χ0n) is 8.34. The highest BCUT2D eigenvalue weighted by Gasteiger charge is 2.52. The molecule has 0 aromatic heterocycles. The van der Waals surface area contributed by atoms with E-state index >= 15 is 0 Å². The number of rotatable bonds is 4. The van der Waals surface area contributed by atoms with Crippen LogP contribution in [-0.2, 0) is 4.79 Å². The molecule has 3 heteroatoms. The van der Waals surface area contributed by atoms with Crippen molar-refractivity contribution in [3.8, 4) is 6.07 Å². The van der Waals surface area contributed by atoms with E-state index in [4.69, 9.17) is 5.26 Å². The van der Waals surface area contributed by atoms with E-state index in [2.05, 4.69) is 6.07 Å². The molecule has 1 saturated carbocycles. The summed E-state index contributed by atoms with van der Waals surface area (Å²) < 4.78 is 0. The first kappa shape index (κ1) is 10.0. The van der Waals surface area contributed by atoms with Crippen LogP contribution in [0.3, 0.4) is 0 Å². The predicted molar refractivity (Wildman–Crippen MR) is 49.8 cm³/mol. The molecule has 13 heavy (non-hydrogen) atoms. The summed E-state index contributed by atoms with van der Waals surface area (Å²) in [5.74, 6) is 0.0411. The van der Waals surface area contributed by atoms with E-state index in [0.717, 1.165) is 32.4 Å². The van der Waals surface area contributed by atoms with E-state index in [1.54, 1.807) is 4.90 Å². The van der Waals surface area contributed by atoms with Gasteiger partial charge in [-0.1, -0.05) is 6.92 Å². The van der Waals surface area contributed by atoms with E-state index in [1.165, 1.54) is 0 Å². The minimum atomic E-state index is -0.634. The Hall–Kier alpha value is -1.04. The number of hydrogen-bond donors (Lipinski definition) is 0. The Morgan fingerprint density at radius 2 is 2.15 bits per heavy atom. The second kappa shape index (κ2) is 3.78. The molecule has 0 radical (unpaired) electrons. The summed E-state index contributed by atoms with van der Waals surface area (Å²) in [5.41, 5.74) is -0.634. The van der Waals surface area contributed by atoms with E-state index in [1.807, 2.05) is 13.8 Å². The van der Waals surface area contributed by atoms with Crippen molar-refractivity contribution in [2.75, 3.05) is 13.1 Å². The van der Waals surface area contributed by atoms with Crippen molar-refractivity contribution in [3.05, 3.63) is 0 Å². The van der Waals surface area contributed by atoms with E-state index < -0.39 is 5.41 Å². The van der Waals surface area contributed by atoms with Gasteiger partial charge in [0, 0.05) is 13.1 Å². The first-order valence-electron chi connectivity index (χ1n) is 4.91. The number of nitriles is 1. The molecular formula is C10H16N2O. The lowest BCUT2D eigenvalue weighted by atomic mass is 10.1. The van der Waals surface area contributed by atoms with Crippen LogP contribution in [0.2, 0.25) is 0 Å². The van der Waals surface area contributed by atoms with Gasteiger partial charge in [0.1, 0.15) is 5.41 Å². The van der Waals surface area contributed by atoms with Crippen LogP contribution in [0, 0.1) is 16.7 Å². The molecule has 1 aliphatic rings. The highest BCUT2D eigenvalue weighted by Crippen LogP contribution is 2.46. The normalized spacial score (nSPS) is 17.6. The second-order valence-electron chi connectivity index (χ2n) is 3.58. The number of nitrogens with zero attached hydrogens (tertiary/aromatic N) is 2. The molecular weight excluding hydrogens is 164 g/mol. The van der Waals surface area contributed by atoms with Gasteiger partial charge < -0.3 is 4.90 Å². The summed E-state index contributed by atoms with van der Waals surface area (Å²) in [5, 5.41) is 8.84. The van der Waals surface area contributed by atoms with E-state index in [-0.39, 0.29) is 5.91 Å². The van der Waals surface area contributed by atoms with Crippen LogP contribution in [-0.4, -0.2) is 23.9 Å². The number of hydrogen-bond acceptors (Lipinski definition) is 2. The molecule has 3 nitrogen and oxygen atoms in total. The molecule has 0 heterocycles. The highest BCUT2D eigenvalue weighted by molar-refractivity contribution is 5.88. The Morgan fingerprint density at radius 3 is 2.46 bits per heavy atom. The second-order valence-corrected chi connectivity index (χ2v) is 3.58. The average molecular weight is 180 g/mol. The molecule has 0 aliphatic heterocycles. The maximum Gasteiger partial charge on any atom is 0.243 e. The number of amides is 1. The van der Waals surface area contributed by atoms with Crippen LogP contribution in [0.4, 0.5) is 0 Å². The zero-order valence-corrected chi connectivity index (χ0v) is 8.34. The van der Waals surface area contributed by atoms with E-state index in [9.17, 15) is 4.79 Å². The van der Waals surface area contributed by atoms with Crippen molar-refractivity contribution in [2.45, 2.75) is 33.1 Å². The Balaban J connectivity index is 2.60. The van der Waals surface area contributed by atoms with Crippen molar-refractivity contribution in [3.63, 3.8) is 0 Å². The molecule has 0 aromatic carbocycles. The van der Waals surface area contributed by atoms with Gasteiger partial charge in [0.25, 0.3) is 0 Å². The minimum Gasteiger partial charge on any atom is -0.342 e. The smallest absolute Gasteiger partial charge is 0.243 e. The fourth-order valence-electron chi connectivity index (χ4n) is 1.47. The van der Waals surface area contributed by atoms with Gasteiger partial charge in [0.15, 0.2) is 0 Å². The zero-order chi connectivity index (χ0) is 9.90. The van der Waals surface area contributed by atoms with Crippen LogP contribution < -0.4 is 0 Å². The molecule has 0 atom stereocenters. The van der Waals surface area contributed by atoms with Crippen molar-refractivity contribution in [1.29, 1.82) is 5.26 Å². The lowest BCUT2D eigenvalue weighted by Gasteiger charge is -2.22. The Morgan fingerprint density at radius 1 is 1.54 bits per heavy atom. The first-order chi connectivity index (χ1) is 6.20. The summed E-state index contributed by atoms with van der Waals surface area (Å²) in [7, 11) is 0. The van der Waals surface area contributed by atoms with Gasteiger partial charge in [0.2, 0.25) is 5.91 Å². The molecule has 0 unspecified atom stereocenters. The van der Waals surface area contributed by atoms with Gasteiger partial charge in [0.05, 0.1) is 6.07 Å². The van der Waals surface area contributed by atoms with Crippen LogP contribution in [0.15, 0.2) is 0 Å². The third-order valence-corrected chi connectivity index (χ3v) is 2.54. The maximum atomic E-state index is 11.8. The maximum absolute atomic E-state index is 11.8. The average Bonchev–Trinajstić information content (AvgIpc) is 2.93. The summed E-state index contributed by atoms with van der Waals surface area (Å²) in [4.78, 5) is 13.6. The molecule has 1 rings (SSSR count). The molecule has 0 N–H and O–H groups in total. The van der Waals surface area contributed by atoms with Crippen molar-refractivity contribution in [2.24, 2.45) is 5.41 Å². The van der Waals surface area contributed by atoms with E-state index in [0.29, 0.717) is 0 Å². The quantitative estimate of drug-likeness (QED) is 0.658. The SMILES string of the molecule is CCCN(CC)C(=O)C1(C#N)CC1. The van der Waals surface area contributed by atoms with Crippen molar-refractivity contribution < 1.29 is 4.79 Å². The Labute approximate surface area is 79.3 Å². The van der Waals surface area contributed by atoms with Gasteiger partial charge in [-0.2, -0.15) is 5.26 Å². The van der Waals surface area contributed by atoms with Crippen LogP contribution in [0.1, 0.15) is 33.1 Å². The predicted octanol–water partition coefficient (Wildman–Crippen LogP) is 1.55. The topological polar surface area (TPSA) is 44.1 Å². The lowest BCUT2D eigenvalue weighted by molar-refractivity contribution is -0.134. The first-order valence-corrected chi connectivity index (χ1v) is 4.91. The van der Waals surface area contributed by atoms with Crippen LogP contribution in [0.25, 0.3) is 0 Å². The Bertz CT molecular complexity index is 238.